The highest BCUT2D eigenvalue weighted by molar-refractivity contribution is 6.07. The molecule has 130 valence electrons. The van der Waals surface area contributed by atoms with Crippen molar-refractivity contribution in [3.63, 3.8) is 0 Å². The Morgan fingerprint density at radius 1 is 1.35 bits per heavy atom. The average Bonchev–Trinajstić information content (AvgIpc) is 2.73. The number of nitrogens with zero attached hydrogens (tertiary/aromatic N) is 2. The molecular weight excluding hydrogens is 294 g/mol. The first kappa shape index (κ1) is 17.6. The quantitative estimate of drug-likeness (QED) is 0.401. The number of rotatable bonds is 2. The van der Waals surface area contributed by atoms with Crippen LogP contribution in [-0.2, 0) is 4.79 Å². The van der Waals surface area contributed by atoms with Crippen molar-refractivity contribution in [2.45, 2.75) is 46.1 Å². The number of amides is 3. The van der Waals surface area contributed by atoms with Crippen LogP contribution in [0, 0.1) is 11.3 Å². The summed E-state index contributed by atoms with van der Waals surface area (Å²) in [7, 11) is 1.79. The van der Waals surface area contributed by atoms with Crippen molar-refractivity contribution in [1.29, 1.82) is 0 Å². The van der Waals surface area contributed by atoms with Crippen molar-refractivity contribution in [2.75, 3.05) is 26.7 Å². The maximum atomic E-state index is 12.0. The van der Waals surface area contributed by atoms with Gasteiger partial charge < -0.3 is 15.5 Å². The fourth-order valence-electron chi connectivity index (χ4n) is 3.19. The van der Waals surface area contributed by atoms with E-state index in [4.69, 9.17) is 0 Å². The standard InChI is InChI=1S/C16H29N5O2/c1-15(2,3)10-18-13(17-5)21-8-6-11(7-9-21)16(4)12(22)19-14(23)20-16/h11H,6-10H2,1-5H3,(H,17,18)(H2,19,20,22,23). The molecule has 0 bridgehead atoms. The molecule has 3 N–H and O–H groups in total. The third-order valence-corrected chi connectivity index (χ3v) is 4.67. The van der Waals surface area contributed by atoms with Gasteiger partial charge in [-0.15, -0.1) is 0 Å². The molecule has 23 heavy (non-hydrogen) atoms. The predicted octanol–water partition coefficient (Wildman–Crippen LogP) is 0.918. The minimum absolute atomic E-state index is 0.144. The Morgan fingerprint density at radius 2 is 1.96 bits per heavy atom. The van der Waals surface area contributed by atoms with Gasteiger partial charge in [-0.25, -0.2) is 4.79 Å². The molecule has 0 aromatic rings. The smallest absolute Gasteiger partial charge is 0.322 e. The molecule has 0 aromatic heterocycles. The summed E-state index contributed by atoms with van der Waals surface area (Å²) < 4.78 is 0. The number of carbonyl (C=O) groups is 2. The molecule has 2 fully saturated rings. The minimum Gasteiger partial charge on any atom is -0.356 e. The lowest BCUT2D eigenvalue weighted by molar-refractivity contribution is -0.125. The number of likely N-dealkylation sites (tertiary alicyclic amines) is 1. The zero-order chi connectivity index (χ0) is 17.3. The molecule has 2 rings (SSSR count). The second-order valence-corrected chi connectivity index (χ2v) is 7.83. The van der Waals surface area contributed by atoms with Crippen molar-refractivity contribution in [1.82, 2.24) is 20.9 Å². The van der Waals surface area contributed by atoms with Crippen LogP contribution < -0.4 is 16.0 Å². The van der Waals surface area contributed by atoms with Crippen molar-refractivity contribution in [2.24, 2.45) is 16.3 Å². The van der Waals surface area contributed by atoms with Crippen LogP contribution in [0.2, 0.25) is 0 Å². The molecule has 1 atom stereocenters. The lowest BCUT2D eigenvalue weighted by Crippen LogP contribution is -2.55. The summed E-state index contributed by atoms with van der Waals surface area (Å²) in [5.74, 6) is 0.838. The lowest BCUT2D eigenvalue weighted by atomic mass is 9.79. The first-order chi connectivity index (χ1) is 10.7. The number of imide groups is 1. The second-order valence-electron chi connectivity index (χ2n) is 7.83. The van der Waals surface area contributed by atoms with E-state index in [1.165, 1.54) is 0 Å². The zero-order valence-corrected chi connectivity index (χ0v) is 14.8. The van der Waals surface area contributed by atoms with Gasteiger partial charge in [0.2, 0.25) is 0 Å². The molecule has 0 saturated carbocycles. The van der Waals surface area contributed by atoms with Crippen LogP contribution in [0.25, 0.3) is 0 Å². The van der Waals surface area contributed by atoms with Gasteiger partial charge in [-0.2, -0.15) is 0 Å². The maximum Gasteiger partial charge on any atom is 0.322 e. The number of piperidine rings is 1. The van der Waals surface area contributed by atoms with Crippen molar-refractivity contribution < 1.29 is 9.59 Å². The van der Waals surface area contributed by atoms with Crippen LogP contribution in [0.3, 0.4) is 0 Å². The summed E-state index contributed by atoms with van der Waals surface area (Å²) >= 11 is 0. The first-order valence-corrected chi connectivity index (χ1v) is 8.25. The molecule has 3 amide bonds. The molecule has 2 saturated heterocycles. The Bertz CT molecular complexity index is 503. The number of carbonyl (C=O) groups excluding carboxylic acids is 2. The fraction of sp³-hybridized carbons (Fsp3) is 0.812. The van der Waals surface area contributed by atoms with Crippen LogP contribution in [0.5, 0.6) is 0 Å². The minimum atomic E-state index is -0.786. The number of nitrogens with one attached hydrogen (secondary N) is 3. The number of aliphatic imine (C=N–C) groups is 1. The van der Waals surface area contributed by atoms with E-state index in [0.29, 0.717) is 0 Å². The molecule has 2 aliphatic rings. The molecule has 1 unspecified atom stereocenters. The number of hydrogen-bond donors (Lipinski definition) is 3. The highest BCUT2D eigenvalue weighted by atomic mass is 16.2. The fourth-order valence-corrected chi connectivity index (χ4v) is 3.19. The summed E-state index contributed by atoms with van der Waals surface area (Å²) in [6.07, 6.45) is 1.70. The van der Waals surface area contributed by atoms with Gasteiger partial charge >= 0.3 is 6.03 Å². The number of urea groups is 1. The topological polar surface area (TPSA) is 85.8 Å². The number of guanidine groups is 1. The zero-order valence-electron chi connectivity index (χ0n) is 14.8. The molecule has 0 aromatic carbocycles. The van der Waals surface area contributed by atoms with Gasteiger partial charge in [0.25, 0.3) is 5.91 Å². The summed E-state index contributed by atoms with van der Waals surface area (Å²) in [6, 6.07) is -0.386. The van der Waals surface area contributed by atoms with Gasteiger partial charge in [-0.1, -0.05) is 20.8 Å². The predicted molar refractivity (Wildman–Crippen MR) is 90.2 cm³/mol. The summed E-state index contributed by atoms with van der Waals surface area (Å²) in [6.45, 7) is 10.9. The van der Waals surface area contributed by atoms with Gasteiger partial charge in [0.1, 0.15) is 5.54 Å². The molecule has 7 nitrogen and oxygen atoms in total. The van der Waals surface area contributed by atoms with E-state index in [2.05, 4.69) is 46.6 Å². The highest BCUT2D eigenvalue weighted by Crippen LogP contribution is 2.30. The Kier molecular flexibility index (Phi) is 4.87. The van der Waals surface area contributed by atoms with Crippen LogP contribution >= 0.6 is 0 Å². The Morgan fingerprint density at radius 3 is 2.39 bits per heavy atom. The molecule has 0 spiro atoms. The average molecular weight is 323 g/mol. The largest absolute Gasteiger partial charge is 0.356 e. The number of hydrogen-bond acceptors (Lipinski definition) is 3. The second kappa shape index (κ2) is 6.37. The van der Waals surface area contributed by atoms with Crippen LogP contribution in [0.1, 0.15) is 40.5 Å². The lowest BCUT2D eigenvalue weighted by Gasteiger charge is -2.40. The van der Waals surface area contributed by atoms with Crippen LogP contribution in [0.15, 0.2) is 4.99 Å². The van der Waals surface area contributed by atoms with Gasteiger partial charge in [0, 0.05) is 26.7 Å². The highest BCUT2D eigenvalue weighted by Gasteiger charge is 2.48. The Balaban J connectivity index is 1.93. The molecule has 0 radical (unpaired) electrons. The van der Waals surface area contributed by atoms with E-state index < -0.39 is 5.54 Å². The van der Waals surface area contributed by atoms with Crippen molar-refractivity contribution in [3.8, 4) is 0 Å². The molecule has 0 aliphatic carbocycles. The van der Waals surface area contributed by atoms with Gasteiger partial charge in [0.05, 0.1) is 0 Å². The van der Waals surface area contributed by atoms with Gasteiger partial charge in [0.15, 0.2) is 5.96 Å². The monoisotopic (exact) mass is 323 g/mol. The molecular formula is C16H29N5O2. The van der Waals surface area contributed by atoms with Gasteiger partial charge in [-0.3, -0.25) is 15.1 Å². The maximum absolute atomic E-state index is 12.0. The summed E-state index contributed by atoms with van der Waals surface area (Å²) in [4.78, 5) is 30.1. The van der Waals surface area contributed by atoms with Crippen LogP contribution in [-0.4, -0.2) is 55.0 Å². The third-order valence-electron chi connectivity index (χ3n) is 4.67. The summed E-state index contributed by atoms with van der Waals surface area (Å²) in [5, 5.41) is 8.55. The molecule has 7 heteroatoms. The SMILES string of the molecule is CN=C(NCC(C)(C)C)N1CCC(C2(C)NC(=O)NC2=O)CC1. The molecule has 2 aliphatic heterocycles. The first-order valence-electron chi connectivity index (χ1n) is 8.25. The van der Waals surface area contributed by atoms with E-state index in [1.807, 2.05) is 6.92 Å². The van der Waals surface area contributed by atoms with Crippen molar-refractivity contribution in [3.05, 3.63) is 0 Å². The normalized spacial score (nSPS) is 27.0. The van der Waals surface area contributed by atoms with E-state index >= 15 is 0 Å². The van der Waals surface area contributed by atoms with Crippen molar-refractivity contribution >= 4 is 17.9 Å². The van der Waals surface area contributed by atoms with E-state index in [9.17, 15) is 9.59 Å². The van der Waals surface area contributed by atoms with E-state index in [0.717, 1.165) is 38.4 Å². The van der Waals surface area contributed by atoms with E-state index in [-0.39, 0.29) is 23.3 Å². The van der Waals surface area contributed by atoms with E-state index in [1.54, 1.807) is 7.05 Å². The Hall–Kier alpha value is -1.79. The summed E-state index contributed by atoms with van der Waals surface area (Å²) in [5.41, 5.74) is -0.598. The van der Waals surface area contributed by atoms with Crippen LogP contribution in [0.4, 0.5) is 4.79 Å². The molecule has 2 heterocycles. The van der Waals surface area contributed by atoms with Gasteiger partial charge in [-0.05, 0) is 31.1 Å². The Labute approximate surface area is 138 Å². The third kappa shape index (κ3) is 3.95.